The first-order valence-electron chi connectivity index (χ1n) is 10.5. The summed E-state index contributed by atoms with van der Waals surface area (Å²) < 4.78 is 21.7. The highest BCUT2D eigenvalue weighted by Crippen LogP contribution is 2.69. The van der Waals surface area contributed by atoms with Crippen LogP contribution in [0.25, 0.3) is 11.1 Å². The van der Waals surface area contributed by atoms with Crippen LogP contribution in [0.15, 0.2) is 91.0 Å². The van der Waals surface area contributed by atoms with E-state index in [9.17, 15) is 5.11 Å². The number of phenolic OH excluding ortho intramolecular Hbond substituents is 1. The van der Waals surface area contributed by atoms with Crippen LogP contribution in [0.2, 0.25) is 0 Å². The Bertz CT molecular complexity index is 1380. The maximum atomic E-state index is 15.2. The van der Waals surface area contributed by atoms with Gasteiger partial charge >= 0.3 is 0 Å². The van der Waals surface area contributed by atoms with Gasteiger partial charge in [-0.25, -0.2) is 0 Å². The Hall–Kier alpha value is -3.49. The van der Waals surface area contributed by atoms with Gasteiger partial charge in [-0.3, -0.25) is 4.57 Å². The quantitative estimate of drug-likeness (QED) is 0.293. The maximum Gasteiger partial charge on any atom is 0.292 e. The topological polar surface area (TPSA) is 72.6 Å². The zero-order valence-electron chi connectivity index (χ0n) is 17.9. The van der Waals surface area contributed by atoms with Crippen molar-refractivity contribution in [3.8, 4) is 22.6 Å². The molecule has 0 aliphatic carbocycles. The normalized spacial score (nSPS) is 18.7. The van der Waals surface area contributed by atoms with Gasteiger partial charge in [-0.1, -0.05) is 60.7 Å². The Morgan fingerprint density at radius 1 is 0.844 bits per heavy atom. The Kier molecular flexibility index (Phi) is 4.65. The van der Waals surface area contributed by atoms with Gasteiger partial charge in [-0.15, -0.1) is 0 Å². The summed E-state index contributed by atoms with van der Waals surface area (Å²) in [7, 11) is -3.60. The molecule has 5 rings (SSSR count). The number of hydrogen-bond donors (Lipinski definition) is 2. The second kappa shape index (κ2) is 7.29. The summed E-state index contributed by atoms with van der Waals surface area (Å²) in [5, 5.41) is 10.1. The Balaban J connectivity index is 1.85. The largest absolute Gasteiger partial charge is 0.508 e. The van der Waals surface area contributed by atoms with E-state index in [1.807, 2.05) is 86.6 Å². The molecule has 0 bridgehead atoms. The van der Waals surface area contributed by atoms with Crippen LogP contribution in [-0.2, 0) is 9.72 Å². The molecule has 0 spiro atoms. The van der Waals surface area contributed by atoms with Crippen molar-refractivity contribution in [2.75, 3.05) is 5.73 Å². The summed E-state index contributed by atoms with van der Waals surface area (Å²) in [6.07, 6.45) is 0. The zero-order chi connectivity index (χ0) is 22.5. The molecular formula is C27H24NO3P. The molecule has 1 aliphatic rings. The van der Waals surface area contributed by atoms with E-state index in [4.69, 9.17) is 10.3 Å². The van der Waals surface area contributed by atoms with Crippen LogP contribution < -0.4 is 15.6 Å². The number of nitrogen functional groups attached to an aromatic ring is 1. The van der Waals surface area contributed by atoms with Gasteiger partial charge in [0.25, 0.3) is 7.37 Å². The summed E-state index contributed by atoms with van der Waals surface area (Å²) in [5.74, 6) is 0.744. The Morgan fingerprint density at radius 3 is 2.19 bits per heavy atom. The van der Waals surface area contributed by atoms with Crippen LogP contribution >= 0.6 is 7.37 Å². The van der Waals surface area contributed by atoms with Crippen LogP contribution in [0, 0.1) is 6.92 Å². The molecule has 0 radical (unpaired) electrons. The predicted octanol–water partition coefficient (Wildman–Crippen LogP) is 6.21. The number of anilines is 1. The molecule has 160 valence electrons. The van der Waals surface area contributed by atoms with Gasteiger partial charge in [0.1, 0.15) is 16.7 Å². The SMILES string of the molecule is Cc1ccc(C(C)(c2ccc(N)cc2)P2(=O)Oc3ccccc3-c3ccccc32)cc1O. The van der Waals surface area contributed by atoms with E-state index in [1.165, 1.54) is 0 Å². The second-order valence-corrected chi connectivity index (χ2v) is 11.0. The molecule has 0 fully saturated rings. The highest BCUT2D eigenvalue weighted by molar-refractivity contribution is 7.69. The zero-order valence-corrected chi connectivity index (χ0v) is 18.8. The van der Waals surface area contributed by atoms with E-state index in [0.29, 0.717) is 22.3 Å². The smallest absolute Gasteiger partial charge is 0.292 e. The van der Waals surface area contributed by atoms with Gasteiger partial charge in [-0.05, 0) is 66.4 Å². The van der Waals surface area contributed by atoms with Gasteiger partial charge in [0.15, 0.2) is 0 Å². The highest BCUT2D eigenvalue weighted by Gasteiger charge is 2.53. The molecule has 4 aromatic rings. The molecule has 4 nitrogen and oxygen atoms in total. The minimum Gasteiger partial charge on any atom is -0.508 e. The Labute approximate surface area is 187 Å². The summed E-state index contributed by atoms with van der Waals surface area (Å²) in [5.41, 5.74) is 10.7. The van der Waals surface area contributed by atoms with E-state index in [0.717, 1.165) is 22.3 Å². The van der Waals surface area contributed by atoms with E-state index in [2.05, 4.69) is 0 Å². The molecular weight excluding hydrogens is 417 g/mol. The van der Waals surface area contributed by atoms with Crippen molar-refractivity contribution in [2.45, 2.75) is 19.0 Å². The van der Waals surface area contributed by atoms with Crippen molar-refractivity contribution >= 4 is 18.4 Å². The molecule has 0 saturated carbocycles. The van der Waals surface area contributed by atoms with E-state index >= 15 is 4.57 Å². The maximum absolute atomic E-state index is 15.2. The molecule has 5 heteroatoms. The number of aromatic hydroxyl groups is 1. The average Bonchev–Trinajstić information content (AvgIpc) is 2.81. The fourth-order valence-electron chi connectivity index (χ4n) is 4.47. The van der Waals surface area contributed by atoms with Gasteiger partial charge in [-0.2, -0.15) is 0 Å². The minimum absolute atomic E-state index is 0.154. The molecule has 0 amide bonds. The minimum atomic E-state index is -3.60. The molecule has 32 heavy (non-hydrogen) atoms. The van der Waals surface area contributed by atoms with Gasteiger partial charge in [0, 0.05) is 11.3 Å². The number of benzene rings is 4. The van der Waals surface area contributed by atoms with Crippen LogP contribution in [-0.4, -0.2) is 5.11 Å². The van der Waals surface area contributed by atoms with Crippen LogP contribution in [0.3, 0.4) is 0 Å². The highest BCUT2D eigenvalue weighted by atomic mass is 31.2. The number of aryl methyl sites for hydroxylation is 1. The first kappa shape index (κ1) is 20.4. The molecule has 4 aromatic carbocycles. The summed E-state index contributed by atoms with van der Waals surface area (Å²) >= 11 is 0. The Morgan fingerprint density at radius 2 is 1.47 bits per heavy atom. The molecule has 0 saturated heterocycles. The van der Waals surface area contributed by atoms with Crippen LogP contribution in [0.1, 0.15) is 23.6 Å². The molecule has 2 unspecified atom stereocenters. The van der Waals surface area contributed by atoms with Crippen LogP contribution in [0.4, 0.5) is 5.69 Å². The summed E-state index contributed by atoms with van der Waals surface area (Å²) in [6, 6.07) is 28.2. The molecule has 1 heterocycles. The molecule has 1 aliphatic heterocycles. The summed E-state index contributed by atoms with van der Waals surface area (Å²) in [6.45, 7) is 3.76. The number of nitrogens with two attached hydrogens (primary N) is 1. The first-order valence-corrected chi connectivity index (χ1v) is 12.1. The van der Waals surface area contributed by atoms with Crippen LogP contribution in [0.5, 0.6) is 11.5 Å². The average molecular weight is 441 g/mol. The van der Waals surface area contributed by atoms with Crippen molar-refractivity contribution in [3.63, 3.8) is 0 Å². The van der Waals surface area contributed by atoms with Crippen molar-refractivity contribution in [2.24, 2.45) is 0 Å². The lowest BCUT2D eigenvalue weighted by atomic mass is 9.91. The third-order valence-electron chi connectivity index (χ3n) is 6.46. The fraction of sp³-hybridized carbons (Fsp3) is 0.111. The number of phenols is 1. The van der Waals surface area contributed by atoms with Gasteiger partial charge in [0.2, 0.25) is 0 Å². The van der Waals surface area contributed by atoms with Crippen molar-refractivity contribution in [3.05, 3.63) is 108 Å². The predicted molar refractivity (Wildman–Crippen MR) is 130 cm³/mol. The van der Waals surface area contributed by atoms with E-state index < -0.39 is 12.5 Å². The lowest BCUT2D eigenvalue weighted by molar-refractivity contribution is 0.458. The van der Waals surface area contributed by atoms with Crippen molar-refractivity contribution in [1.82, 2.24) is 0 Å². The van der Waals surface area contributed by atoms with Crippen molar-refractivity contribution < 1.29 is 14.2 Å². The van der Waals surface area contributed by atoms with Gasteiger partial charge < -0.3 is 15.4 Å². The standard InChI is InChI=1S/C27H24NO3P/c1-18-11-12-20(17-24(18)29)27(2,19-13-15-21(28)16-14-19)32(30)26-10-6-4-8-23(26)22-7-3-5-9-25(22)31-32/h3-17,29H,28H2,1-2H3. The lowest BCUT2D eigenvalue weighted by Gasteiger charge is -2.41. The van der Waals surface area contributed by atoms with Gasteiger partial charge in [0.05, 0.1) is 5.30 Å². The van der Waals surface area contributed by atoms with E-state index in [-0.39, 0.29) is 5.75 Å². The number of hydrogen-bond acceptors (Lipinski definition) is 4. The molecule has 0 aromatic heterocycles. The number of fused-ring (bicyclic) bond motifs is 3. The first-order chi connectivity index (χ1) is 15.3. The summed E-state index contributed by atoms with van der Waals surface area (Å²) in [4.78, 5) is 0. The fourth-order valence-corrected chi connectivity index (χ4v) is 7.43. The lowest BCUT2D eigenvalue weighted by Crippen LogP contribution is -2.34. The monoisotopic (exact) mass is 441 g/mol. The molecule has 2 atom stereocenters. The van der Waals surface area contributed by atoms with E-state index in [1.54, 1.807) is 18.2 Å². The third kappa shape index (κ3) is 2.87. The number of rotatable bonds is 3. The molecule has 3 N–H and O–H groups in total. The third-order valence-corrected chi connectivity index (χ3v) is 9.63. The number of para-hydroxylation sites is 1. The second-order valence-electron chi connectivity index (χ2n) is 8.35. The van der Waals surface area contributed by atoms with Crippen molar-refractivity contribution in [1.29, 1.82) is 0 Å².